The minimum atomic E-state index is -0.0426. The van der Waals surface area contributed by atoms with Crippen molar-refractivity contribution in [2.75, 3.05) is 19.7 Å². The minimum absolute atomic E-state index is 0.0426. The number of carbonyl (C=O) groups is 1. The summed E-state index contributed by atoms with van der Waals surface area (Å²) in [5.74, 6) is 2.80. The Labute approximate surface area is 116 Å². The maximum Gasteiger partial charge on any atom is 0.228 e. The van der Waals surface area contributed by atoms with Gasteiger partial charge in [0.05, 0.1) is 12.0 Å². The summed E-state index contributed by atoms with van der Waals surface area (Å²) >= 11 is 0. The predicted molar refractivity (Wildman–Crippen MR) is 74.6 cm³/mol. The van der Waals surface area contributed by atoms with Gasteiger partial charge in [0.2, 0.25) is 5.91 Å². The van der Waals surface area contributed by atoms with Crippen molar-refractivity contribution in [3.8, 4) is 0 Å². The standard InChI is InChI=1S/C16H27NO2/c1-2-3-17(4-5-18)15(19)16-9-12-6-13(10-16)8-14(7-12)11-16/h12-14,18H,2-11H2,1H3. The molecular weight excluding hydrogens is 238 g/mol. The van der Waals surface area contributed by atoms with Crippen LogP contribution in [-0.4, -0.2) is 35.6 Å². The number of hydrogen-bond donors (Lipinski definition) is 1. The Hall–Kier alpha value is -0.570. The third kappa shape index (κ3) is 2.31. The molecule has 4 bridgehead atoms. The molecule has 19 heavy (non-hydrogen) atoms. The largest absolute Gasteiger partial charge is 0.395 e. The summed E-state index contributed by atoms with van der Waals surface area (Å²) < 4.78 is 0. The van der Waals surface area contributed by atoms with E-state index in [0.29, 0.717) is 12.5 Å². The number of rotatable bonds is 5. The fourth-order valence-electron chi connectivity index (χ4n) is 5.41. The van der Waals surface area contributed by atoms with E-state index in [0.717, 1.165) is 50.0 Å². The number of aliphatic hydroxyl groups is 1. The molecule has 4 rings (SSSR count). The second-order valence-electron chi connectivity index (χ2n) is 7.21. The van der Waals surface area contributed by atoms with Crippen molar-refractivity contribution >= 4 is 5.91 Å². The van der Waals surface area contributed by atoms with Gasteiger partial charge in [0, 0.05) is 13.1 Å². The SMILES string of the molecule is CCCN(CCO)C(=O)C12CC3CC(CC(C3)C1)C2. The van der Waals surface area contributed by atoms with E-state index in [-0.39, 0.29) is 12.0 Å². The van der Waals surface area contributed by atoms with Gasteiger partial charge in [-0.25, -0.2) is 0 Å². The molecule has 3 heteroatoms. The van der Waals surface area contributed by atoms with Gasteiger partial charge in [-0.3, -0.25) is 4.79 Å². The lowest BCUT2D eigenvalue weighted by Crippen LogP contribution is -2.55. The second kappa shape index (κ2) is 5.08. The Morgan fingerprint density at radius 1 is 1.11 bits per heavy atom. The molecule has 0 heterocycles. The van der Waals surface area contributed by atoms with Crippen molar-refractivity contribution in [2.45, 2.75) is 51.9 Å². The number of hydrogen-bond acceptors (Lipinski definition) is 2. The third-order valence-corrected chi connectivity index (χ3v) is 5.64. The van der Waals surface area contributed by atoms with Crippen LogP contribution in [0.1, 0.15) is 51.9 Å². The van der Waals surface area contributed by atoms with E-state index in [4.69, 9.17) is 0 Å². The fourth-order valence-corrected chi connectivity index (χ4v) is 5.41. The average molecular weight is 265 g/mol. The van der Waals surface area contributed by atoms with Crippen LogP contribution in [0.15, 0.2) is 0 Å². The average Bonchev–Trinajstić information content (AvgIpc) is 2.36. The van der Waals surface area contributed by atoms with Gasteiger partial charge < -0.3 is 10.0 Å². The summed E-state index contributed by atoms with van der Waals surface area (Å²) in [7, 11) is 0. The van der Waals surface area contributed by atoms with Crippen molar-refractivity contribution in [3.05, 3.63) is 0 Å². The van der Waals surface area contributed by atoms with Crippen molar-refractivity contribution in [1.29, 1.82) is 0 Å². The molecule has 0 aliphatic heterocycles. The Balaban J connectivity index is 1.78. The molecule has 0 atom stereocenters. The first-order chi connectivity index (χ1) is 9.16. The molecule has 3 nitrogen and oxygen atoms in total. The molecule has 1 N–H and O–H groups in total. The molecule has 0 saturated heterocycles. The minimum Gasteiger partial charge on any atom is -0.395 e. The van der Waals surface area contributed by atoms with E-state index in [1.54, 1.807) is 0 Å². The van der Waals surface area contributed by atoms with Gasteiger partial charge in [0.25, 0.3) is 0 Å². The molecule has 4 aliphatic carbocycles. The lowest BCUT2D eigenvalue weighted by molar-refractivity contribution is -0.158. The predicted octanol–water partition coefficient (Wildman–Crippen LogP) is 2.43. The maximum atomic E-state index is 13.0. The molecular formula is C16H27NO2. The first-order valence-corrected chi connectivity index (χ1v) is 8.07. The Morgan fingerprint density at radius 3 is 2.05 bits per heavy atom. The van der Waals surface area contributed by atoms with Crippen LogP contribution in [0.2, 0.25) is 0 Å². The number of carbonyl (C=O) groups excluding carboxylic acids is 1. The summed E-state index contributed by atoms with van der Waals surface area (Å²) in [6, 6.07) is 0. The van der Waals surface area contributed by atoms with Crippen LogP contribution in [-0.2, 0) is 4.79 Å². The molecule has 0 radical (unpaired) electrons. The third-order valence-electron chi connectivity index (χ3n) is 5.64. The molecule has 0 unspecified atom stereocenters. The molecule has 0 aromatic rings. The van der Waals surface area contributed by atoms with Gasteiger partial charge in [-0.2, -0.15) is 0 Å². The van der Waals surface area contributed by atoms with E-state index in [1.807, 2.05) is 4.90 Å². The zero-order valence-electron chi connectivity index (χ0n) is 12.1. The Bertz CT molecular complexity index is 311. The highest BCUT2D eigenvalue weighted by molar-refractivity contribution is 5.83. The Morgan fingerprint density at radius 2 is 1.63 bits per heavy atom. The molecule has 4 saturated carbocycles. The summed E-state index contributed by atoms with van der Waals surface area (Å²) in [5.41, 5.74) is -0.0426. The quantitative estimate of drug-likeness (QED) is 0.829. The summed E-state index contributed by atoms with van der Waals surface area (Å²) in [4.78, 5) is 14.9. The molecule has 0 aromatic carbocycles. The van der Waals surface area contributed by atoms with E-state index < -0.39 is 0 Å². The maximum absolute atomic E-state index is 13.0. The van der Waals surface area contributed by atoms with E-state index >= 15 is 0 Å². The van der Waals surface area contributed by atoms with Crippen LogP contribution in [0.25, 0.3) is 0 Å². The second-order valence-corrected chi connectivity index (χ2v) is 7.21. The van der Waals surface area contributed by atoms with Crippen LogP contribution in [0.4, 0.5) is 0 Å². The van der Waals surface area contributed by atoms with Gasteiger partial charge in [-0.05, 0) is 62.7 Å². The van der Waals surface area contributed by atoms with Gasteiger partial charge in [-0.1, -0.05) is 6.92 Å². The van der Waals surface area contributed by atoms with E-state index in [9.17, 15) is 9.90 Å². The molecule has 4 fully saturated rings. The summed E-state index contributed by atoms with van der Waals surface area (Å²) in [5, 5.41) is 9.20. The first-order valence-electron chi connectivity index (χ1n) is 8.07. The highest BCUT2D eigenvalue weighted by Crippen LogP contribution is 2.60. The number of aliphatic hydroxyl groups excluding tert-OH is 1. The lowest BCUT2D eigenvalue weighted by atomic mass is 9.49. The molecule has 0 spiro atoms. The smallest absolute Gasteiger partial charge is 0.228 e. The summed E-state index contributed by atoms with van der Waals surface area (Å²) in [6.07, 6.45) is 8.50. The van der Waals surface area contributed by atoms with E-state index in [1.165, 1.54) is 19.3 Å². The monoisotopic (exact) mass is 265 g/mol. The van der Waals surface area contributed by atoms with Gasteiger partial charge in [0.1, 0.15) is 0 Å². The van der Waals surface area contributed by atoms with E-state index in [2.05, 4.69) is 6.92 Å². The molecule has 4 aliphatic rings. The number of nitrogens with zero attached hydrogens (tertiary/aromatic N) is 1. The highest BCUT2D eigenvalue weighted by Gasteiger charge is 2.55. The number of amides is 1. The van der Waals surface area contributed by atoms with Crippen molar-refractivity contribution < 1.29 is 9.90 Å². The Kier molecular flexibility index (Phi) is 3.59. The van der Waals surface area contributed by atoms with Gasteiger partial charge in [-0.15, -0.1) is 0 Å². The normalized spacial score (nSPS) is 39.6. The van der Waals surface area contributed by atoms with Crippen molar-refractivity contribution in [3.63, 3.8) is 0 Å². The fraction of sp³-hybridized carbons (Fsp3) is 0.938. The van der Waals surface area contributed by atoms with Crippen molar-refractivity contribution in [1.82, 2.24) is 4.90 Å². The van der Waals surface area contributed by atoms with Gasteiger partial charge in [0.15, 0.2) is 0 Å². The van der Waals surface area contributed by atoms with Crippen LogP contribution in [0.5, 0.6) is 0 Å². The topological polar surface area (TPSA) is 40.5 Å². The zero-order valence-corrected chi connectivity index (χ0v) is 12.1. The van der Waals surface area contributed by atoms with Crippen LogP contribution in [0.3, 0.4) is 0 Å². The van der Waals surface area contributed by atoms with Crippen LogP contribution in [0, 0.1) is 23.2 Å². The zero-order chi connectivity index (χ0) is 13.5. The molecule has 108 valence electrons. The van der Waals surface area contributed by atoms with Crippen molar-refractivity contribution in [2.24, 2.45) is 23.2 Å². The first kappa shape index (κ1) is 13.4. The molecule has 1 amide bonds. The van der Waals surface area contributed by atoms with Gasteiger partial charge >= 0.3 is 0 Å². The highest BCUT2D eigenvalue weighted by atomic mass is 16.3. The lowest BCUT2D eigenvalue weighted by Gasteiger charge is -2.56. The van der Waals surface area contributed by atoms with Crippen LogP contribution >= 0.6 is 0 Å². The molecule has 0 aromatic heterocycles. The summed E-state index contributed by atoms with van der Waals surface area (Å²) in [6.45, 7) is 3.53. The van der Waals surface area contributed by atoms with Crippen LogP contribution < -0.4 is 0 Å².